The molecule has 128 valence electrons. The third kappa shape index (κ3) is 4.54. The van der Waals surface area contributed by atoms with Gasteiger partial charge in [-0.05, 0) is 44.7 Å². The quantitative estimate of drug-likeness (QED) is 0.915. The first-order valence-electron chi connectivity index (χ1n) is 8.01. The predicted octanol–water partition coefficient (Wildman–Crippen LogP) is 2.15. The Bertz CT molecular complexity index is 685. The highest BCUT2D eigenvalue weighted by Gasteiger charge is 2.30. The summed E-state index contributed by atoms with van der Waals surface area (Å²) < 4.78 is 24.7. The third-order valence-corrected chi connectivity index (χ3v) is 5.74. The minimum absolute atomic E-state index is 0.0641. The molecule has 1 N–H and O–H groups in total. The molecule has 2 atom stereocenters. The van der Waals surface area contributed by atoms with Gasteiger partial charge in [-0.1, -0.05) is 23.8 Å². The molecule has 6 heteroatoms. The largest absolute Gasteiger partial charge is 0.349 e. The maximum Gasteiger partial charge on any atom is 0.224 e. The fourth-order valence-corrected chi connectivity index (χ4v) is 4.09. The van der Waals surface area contributed by atoms with Crippen LogP contribution in [0, 0.1) is 19.8 Å². The summed E-state index contributed by atoms with van der Waals surface area (Å²) in [4.78, 5) is 12.5. The van der Waals surface area contributed by atoms with Crippen molar-refractivity contribution in [3.63, 3.8) is 0 Å². The average Bonchev–Trinajstić information content (AvgIpc) is 2.46. The number of carbonyl (C=O) groups excluding carboxylic acids is 1. The Hall–Kier alpha value is -1.40. The summed E-state index contributed by atoms with van der Waals surface area (Å²) in [5.74, 6) is -0.336. The van der Waals surface area contributed by atoms with Crippen LogP contribution >= 0.6 is 0 Å². The zero-order valence-corrected chi connectivity index (χ0v) is 15.1. The molecular weight excluding hydrogens is 312 g/mol. The highest BCUT2D eigenvalue weighted by molar-refractivity contribution is 7.88. The van der Waals surface area contributed by atoms with Gasteiger partial charge in [-0.15, -0.1) is 0 Å². The van der Waals surface area contributed by atoms with Gasteiger partial charge in [0.15, 0.2) is 0 Å². The minimum Gasteiger partial charge on any atom is -0.349 e. The van der Waals surface area contributed by atoms with E-state index < -0.39 is 10.0 Å². The first-order valence-corrected chi connectivity index (χ1v) is 9.86. The molecule has 0 aromatic heterocycles. The van der Waals surface area contributed by atoms with Gasteiger partial charge in [-0.3, -0.25) is 4.79 Å². The molecular formula is C17H26N2O3S. The van der Waals surface area contributed by atoms with Crippen LogP contribution in [0.15, 0.2) is 18.2 Å². The molecule has 1 amide bonds. The number of hydrogen-bond donors (Lipinski definition) is 1. The zero-order valence-electron chi connectivity index (χ0n) is 14.3. The van der Waals surface area contributed by atoms with Gasteiger partial charge < -0.3 is 5.32 Å². The van der Waals surface area contributed by atoms with Gasteiger partial charge in [-0.25, -0.2) is 12.7 Å². The van der Waals surface area contributed by atoms with E-state index in [0.29, 0.717) is 6.54 Å². The number of nitrogens with zero attached hydrogens (tertiary/aromatic N) is 1. The van der Waals surface area contributed by atoms with Crippen molar-refractivity contribution in [1.29, 1.82) is 0 Å². The van der Waals surface area contributed by atoms with E-state index in [4.69, 9.17) is 0 Å². The lowest BCUT2D eigenvalue weighted by molar-refractivity contribution is -0.126. The molecule has 1 saturated heterocycles. The molecule has 1 aliphatic heterocycles. The minimum atomic E-state index is -3.23. The molecule has 1 heterocycles. The molecule has 0 spiro atoms. The maximum absolute atomic E-state index is 12.5. The van der Waals surface area contributed by atoms with E-state index >= 15 is 0 Å². The first kappa shape index (κ1) is 17.9. The van der Waals surface area contributed by atoms with Gasteiger partial charge in [-0.2, -0.15) is 0 Å². The molecule has 1 fully saturated rings. The molecule has 23 heavy (non-hydrogen) atoms. The topological polar surface area (TPSA) is 66.5 Å². The fourth-order valence-electron chi connectivity index (χ4n) is 3.18. The SMILES string of the molecule is Cc1ccc([C@H](C)NC(=O)[C@H]2CCCN(S(C)(=O)=O)C2)c(C)c1. The first-order chi connectivity index (χ1) is 10.7. The van der Waals surface area contributed by atoms with E-state index in [1.165, 1.54) is 16.1 Å². The molecule has 0 aliphatic carbocycles. The fraction of sp³-hybridized carbons (Fsp3) is 0.588. The van der Waals surface area contributed by atoms with Crippen LogP contribution in [0.1, 0.15) is 42.5 Å². The average molecular weight is 338 g/mol. The Labute approximate surface area is 139 Å². The molecule has 0 bridgehead atoms. The lowest BCUT2D eigenvalue weighted by Crippen LogP contribution is -2.45. The van der Waals surface area contributed by atoms with Crippen molar-refractivity contribution >= 4 is 15.9 Å². The molecule has 1 aromatic rings. The summed E-state index contributed by atoms with van der Waals surface area (Å²) in [7, 11) is -3.23. The van der Waals surface area contributed by atoms with Crippen LogP contribution in [0.2, 0.25) is 0 Å². The number of piperidine rings is 1. The molecule has 0 unspecified atom stereocenters. The van der Waals surface area contributed by atoms with E-state index in [1.54, 1.807) is 0 Å². The van der Waals surface area contributed by atoms with Crippen molar-refractivity contribution in [1.82, 2.24) is 9.62 Å². The van der Waals surface area contributed by atoms with Gasteiger partial charge >= 0.3 is 0 Å². The number of sulfonamides is 1. The number of rotatable bonds is 4. The van der Waals surface area contributed by atoms with E-state index in [0.717, 1.165) is 24.0 Å². The van der Waals surface area contributed by atoms with Crippen LogP contribution in [-0.2, 0) is 14.8 Å². The zero-order chi connectivity index (χ0) is 17.2. The second-order valence-corrected chi connectivity index (χ2v) is 8.53. The second kappa shape index (κ2) is 7.01. The highest BCUT2D eigenvalue weighted by Crippen LogP contribution is 2.22. The van der Waals surface area contributed by atoms with Gasteiger partial charge in [0.1, 0.15) is 0 Å². The van der Waals surface area contributed by atoms with E-state index in [2.05, 4.69) is 11.4 Å². The predicted molar refractivity (Wildman–Crippen MR) is 91.6 cm³/mol. The Balaban J connectivity index is 2.03. The lowest BCUT2D eigenvalue weighted by atomic mass is 9.96. The Morgan fingerprint density at radius 3 is 2.65 bits per heavy atom. The lowest BCUT2D eigenvalue weighted by Gasteiger charge is -2.31. The summed E-state index contributed by atoms with van der Waals surface area (Å²) in [6.45, 7) is 6.84. The van der Waals surface area contributed by atoms with E-state index in [9.17, 15) is 13.2 Å². The maximum atomic E-state index is 12.5. The van der Waals surface area contributed by atoms with Crippen LogP contribution in [-0.4, -0.2) is 38.0 Å². The van der Waals surface area contributed by atoms with E-state index in [-0.39, 0.29) is 24.4 Å². The van der Waals surface area contributed by atoms with Gasteiger partial charge in [0.05, 0.1) is 18.2 Å². The summed E-state index contributed by atoms with van der Waals surface area (Å²) in [6.07, 6.45) is 2.66. The number of amides is 1. The third-order valence-electron chi connectivity index (χ3n) is 4.47. The van der Waals surface area contributed by atoms with Gasteiger partial charge in [0, 0.05) is 13.1 Å². The number of nitrogens with one attached hydrogen (secondary N) is 1. The molecule has 5 nitrogen and oxygen atoms in total. The molecule has 0 saturated carbocycles. The van der Waals surface area contributed by atoms with Crippen LogP contribution in [0.3, 0.4) is 0 Å². The molecule has 0 radical (unpaired) electrons. The van der Waals surface area contributed by atoms with Crippen molar-refractivity contribution in [3.05, 3.63) is 34.9 Å². The molecule has 1 aliphatic rings. The number of aryl methyl sites for hydroxylation is 2. The Kier molecular flexibility index (Phi) is 5.47. The van der Waals surface area contributed by atoms with Crippen molar-refractivity contribution in [2.45, 2.75) is 39.7 Å². The van der Waals surface area contributed by atoms with Crippen molar-refractivity contribution < 1.29 is 13.2 Å². The standard InChI is InChI=1S/C17H26N2O3S/c1-12-7-8-16(13(2)10-12)14(3)18-17(20)15-6-5-9-19(11-15)23(4,21)22/h7-8,10,14-15H,5-6,9,11H2,1-4H3,(H,18,20)/t14-,15-/m0/s1. The summed E-state index contributed by atoms with van der Waals surface area (Å²) >= 11 is 0. The van der Waals surface area contributed by atoms with Gasteiger partial charge in [0.2, 0.25) is 15.9 Å². The molecule has 2 rings (SSSR count). The smallest absolute Gasteiger partial charge is 0.224 e. The number of hydrogen-bond acceptors (Lipinski definition) is 3. The van der Waals surface area contributed by atoms with Crippen molar-refractivity contribution in [2.24, 2.45) is 5.92 Å². The number of benzene rings is 1. The van der Waals surface area contributed by atoms with E-state index in [1.807, 2.05) is 32.9 Å². The highest BCUT2D eigenvalue weighted by atomic mass is 32.2. The van der Waals surface area contributed by atoms with Crippen LogP contribution < -0.4 is 5.32 Å². The van der Waals surface area contributed by atoms with Crippen LogP contribution in [0.5, 0.6) is 0 Å². The Morgan fingerprint density at radius 1 is 1.35 bits per heavy atom. The molecule has 1 aromatic carbocycles. The summed E-state index contributed by atoms with van der Waals surface area (Å²) in [5.41, 5.74) is 3.44. The second-order valence-electron chi connectivity index (χ2n) is 6.55. The summed E-state index contributed by atoms with van der Waals surface area (Å²) in [5, 5.41) is 3.04. The van der Waals surface area contributed by atoms with Crippen molar-refractivity contribution in [2.75, 3.05) is 19.3 Å². The Morgan fingerprint density at radius 2 is 2.04 bits per heavy atom. The summed E-state index contributed by atoms with van der Waals surface area (Å²) in [6, 6.07) is 6.09. The van der Waals surface area contributed by atoms with Crippen LogP contribution in [0.4, 0.5) is 0 Å². The normalized spacial score (nSPS) is 21.0. The number of carbonyl (C=O) groups is 1. The van der Waals surface area contributed by atoms with Gasteiger partial charge in [0.25, 0.3) is 0 Å². The van der Waals surface area contributed by atoms with Crippen molar-refractivity contribution in [3.8, 4) is 0 Å². The van der Waals surface area contributed by atoms with Crippen LogP contribution in [0.25, 0.3) is 0 Å². The monoisotopic (exact) mass is 338 g/mol.